The van der Waals surface area contributed by atoms with Crippen molar-refractivity contribution in [3.8, 4) is 0 Å². The molecule has 0 radical (unpaired) electrons. The Balaban J connectivity index is 2.06. The van der Waals surface area contributed by atoms with E-state index in [4.69, 9.17) is 5.73 Å². The number of aromatic nitrogens is 1. The largest absolute Gasteiger partial charge is 0.326 e. The summed E-state index contributed by atoms with van der Waals surface area (Å²) in [5.74, 6) is 0. The molecule has 2 heterocycles. The molecule has 0 amide bonds. The molecule has 0 bridgehead atoms. The number of nitrogens with zero attached hydrogens (tertiary/aromatic N) is 1. The van der Waals surface area contributed by atoms with Gasteiger partial charge in [0.05, 0.1) is 5.69 Å². The second-order valence-electron chi connectivity index (χ2n) is 4.42. The van der Waals surface area contributed by atoms with E-state index in [0.29, 0.717) is 10.6 Å². The van der Waals surface area contributed by atoms with Gasteiger partial charge in [-0.3, -0.25) is 9.71 Å². The highest BCUT2D eigenvalue weighted by atomic mass is 32.2. The number of thiophene rings is 1. The maximum absolute atomic E-state index is 12.5. The summed E-state index contributed by atoms with van der Waals surface area (Å²) in [5, 5.41) is 3.41. The predicted molar refractivity (Wildman–Crippen MR) is 84.8 cm³/mol. The minimum absolute atomic E-state index is 0.202. The summed E-state index contributed by atoms with van der Waals surface area (Å²) < 4.78 is 27.7. The molecule has 0 saturated heterocycles. The van der Waals surface area contributed by atoms with Crippen molar-refractivity contribution in [2.75, 3.05) is 4.72 Å². The first-order valence-corrected chi connectivity index (χ1v) is 8.60. The van der Waals surface area contributed by atoms with Crippen LogP contribution in [0.25, 0.3) is 10.8 Å². The van der Waals surface area contributed by atoms with E-state index < -0.39 is 10.0 Å². The fraction of sp³-hybridized carbons (Fsp3) is 0.0714. The van der Waals surface area contributed by atoms with Gasteiger partial charge in [-0.15, -0.1) is 11.3 Å². The molecule has 0 spiro atoms. The highest BCUT2D eigenvalue weighted by molar-refractivity contribution is 7.93. The van der Waals surface area contributed by atoms with Crippen molar-refractivity contribution in [1.82, 2.24) is 4.98 Å². The maximum atomic E-state index is 12.5. The zero-order valence-electron chi connectivity index (χ0n) is 11.0. The summed E-state index contributed by atoms with van der Waals surface area (Å²) in [6.45, 7) is 0.202. The Morgan fingerprint density at radius 3 is 2.90 bits per heavy atom. The van der Waals surface area contributed by atoms with Crippen molar-refractivity contribution in [1.29, 1.82) is 0 Å². The lowest BCUT2D eigenvalue weighted by Crippen LogP contribution is -2.14. The van der Waals surface area contributed by atoms with Crippen LogP contribution in [0.1, 0.15) is 4.88 Å². The van der Waals surface area contributed by atoms with Crippen LogP contribution in [0.2, 0.25) is 0 Å². The Morgan fingerprint density at radius 2 is 2.10 bits per heavy atom. The van der Waals surface area contributed by atoms with Gasteiger partial charge in [0.25, 0.3) is 10.0 Å². The van der Waals surface area contributed by atoms with Gasteiger partial charge in [-0.05, 0) is 23.6 Å². The van der Waals surface area contributed by atoms with Gasteiger partial charge in [0.15, 0.2) is 0 Å². The number of benzene rings is 1. The quantitative estimate of drug-likeness (QED) is 0.774. The van der Waals surface area contributed by atoms with Gasteiger partial charge in [-0.25, -0.2) is 8.42 Å². The third-order valence-corrected chi connectivity index (χ3v) is 5.63. The molecule has 0 aliphatic carbocycles. The minimum Gasteiger partial charge on any atom is -0.326 e. The molecule has 0 aliphatic rings. The molecule has 0 saturated carbocycles. The summed E-state index contributed by atoms with van der Waals surface area (Å²) in [4.78, 5) is 4.92. The summed E-state index contributed by atoms with van der Waals surface area (Å²) in [5.41, 5.74) is 6.12. The van der Waals surface area contributed by atoms with Gasteiger partial charge in [-0.2, -0.15) is 0 Å². The second kappa shape index (κ2) is 5.44. The minimum atomic E-state index is -3.64. The molecule has 3 rings (SSSR count). The van der Waals surface area contributed by atoms with Gasteiger partial charge < -0.3 is 5.73 Å². The van der Waals surface area contributed by atoms with Gasteiger partial charge in [0.1, 0.15) is 4.90 Å². The molecule has 3 N–H and O–H groups in total. The molecule has 2 aromatic heterocycles. The van der Waals surface area contributed by atoms with Crippen LogP contribution in [-0.4, -0.2) is 13.4 Å². The third kappa shape index (κ3) is 2.63. The molecule has 0 fully saturated rings. The lowest BCUT2D eigenvalue weighted by Gasteiger charge is -2.10. The molecule has 0 unspecified atom stereocenters. The molecular weight excluding hydrogens is 306 g/mol. The predicted octanol–water partition coefficient (Wildman–Crippen LogP) is 2.56. The normalized spacial score (nSPS) is 11.7. The molecule has 3 aromatic rings. The fourth-order valence-electron chi connectivity index (χ4n) is 2.13. The van der Waals surface area contributed by atoms with Crippen LogP contribution in [-0.2, 0) is 16.6 Å². The Hall–Kier alpha value is -1.96. The lowest BCUT2D eigenvalue weighted by atomic mass is 10.1. The third-order valence-electron chi connectivity index (χ3n) is 3.10. The zero-order chi connectivity index (χ0) is 14.9. The van der Waals surface area contributed by atoms with Crippen molar-refractivity contribution in [3.63, 3.8) is 0 Å². The van der Waals surface area contributed by atoms with E-state index in [1.54, 1.807) is 42.0 Å². The van der Waals surface area contributed by atoms with Gasteiger partial charge >= 0.3 is 0 Å². The molecule has 5 nitrogen and oxygen atoms in total. The molecule has 108 valence electrons. The molecular formula is C14H13N3O2S2. The average molecular weight is 319 g/mol. The van der Waals surface area contributed by atoms with Crippen LogP contribution >= 0.6 is 11.3 Å². The monoisotopic (exact) mass is 319 g/mol. The van der Waals surface area contributed by atoms with E-state index in [1.165, 1.54) is 11.3 Å². The van der Waals surface area contributed by atoms with Crippen LogP contribution in [0.4, 0.5) is 5.69 Å². The standard InChI is InChI=1S/C14H13N3O2S2/c15-8-13-14(5-7-20-13)21(18,19)17-12-3-1-2-10-9-16-6-4-11(10)12/h1-7,9,17H,8,15H2. The molecule has 1 aromatic carbocycles. The lowest BCUT2D eigenvalue weighted by molar-refractivity contribution is 0.600. The zero-order valence-corrected chi connectivity index (χ0v) is 12.6. The number of hydrogen-bond acceptors (Lipinski definition) is 5. The van der Waals surface area contributed by atoms with E-state index >= 15 is 0 Å². The van der Waals surface area contributed by atoms with Crippen molar-refractivity contribution >= 4 is 37.8 Å². The second-order valence-corrected chi connectivity index (χ2v) is 7.07. The molecule has 7 heteroatoms. The summed E-state index contributed by atoms with van der Waals surface area (Å²) in [6, 6.07) is 8.76. The molecule has 0 atom stereocenters. The van der Waals surface area contributed by atoms with Gasteiger partial charge in [0.2, 0.25) is 0 Å². The number of sulfonamides is 1. The van der Waals surface area contributed by atoms with E-state index in [9.17, 15) is 8.42 Å². The topological polar surface area (TPSA) is 85.1 Å². The number of pyridine rings is 1. The van der Waals surface area contributed by atoms with E-state index in [2.05, 4.69) is 9.71 Å². The van der Waals surface area contributed by atoms with Crippen LogP contribution in [0, 0.1) is 0 Å². The average Bonchev–Trinajstić information content (AvgIpc) is 2.97. The number of anilines is 1. The Kier molecular flexibility index (Phi) is 3.62. The Bertz CT molecular complexity index is 883. The number of rotatable bonds is 4. The SMILES string of the molecule is NCc1sccc1S(=O)(=O)Nc1cccc2cnccc12. The smallest absolute Gasteiger partial charge is 0.263 e. The summed E-state index contributed by atoms with van der Waals surface area (Å²) in [6.07, 6.45) is 3.33. The van der Waals surface area contributed by atoms with Crippen molar-refractivity contribution < 1.29 is 8.42 Å². The van der Waals surface area contributed by atoms with Crippen LogP contribution in [0.5, 0.6) is 0 Å². The highest BCUT2D eigenvalue weighted by Crippen LogP contribution is 2.27. The van der Waals surface area contributed by atoms with Crippen LogP contribution in [0.3, 0.4) is 0 Å². The van der Waals surface area contributed by atoms with Gasteiger partial charge in [0, 0.05) is 34.6 Å². The van der Waals surface area contributed by atoms with Crippen molar-refractivity contribution in [3.05, 3.63) is 53.0 Å². The number of nitrogens with one attached hydrogen (secondary N) is 1. The summed E-state index contributed by atoms with van der Waals surface area (Å²) >= 11 is 1.34. The van der Waals surface area contributed by atoms with Crippen molar-refractivity contribution in [2.45, 2.75) is 11.4 Å². The first-order chi connectivity index (χ1) is 10.1. The van der Waals surface area contributed by atoms with E-state index in [-0.39, 0.29) is 11.4 Å². The number of hydrogen-bond donors (Lipinski definition) is 2. The number of nitrogens with two attached hydrogens (primary N) is 1. The maximum Gasteiger partial charge on any atom is 0.263 e. The van der Waals surface area contributed by atoms with E-state index in [0.717, 1.165) is 10.8 Å². The molecule has 0 aliphatic heterocycles. The highest BCUT2D eigenvalue weighted by Gasteiger charge is 2.19. The first kappa shape index (κ1) is 14.0. The summed E-state index contributed by atoms with van der Waals surface area (Å²) in [7, 11) is -3.64. The van der Waals surface area contributed by atoms with Crippen molar-refractivity contribution in [2.24, 2.45) is 5.73 Å². The van der Waals surface area contributed by atoms with Gasteiger partial charge in [-0.1, -0.05) is 12.1 Å². The Labute approximate surface area is 126 Å². The van der Waals surface area contributed by atoms with Crippen LogP contribution < -0.4 is 10.5 Å². The fourth-order valence-corrected chi connectivity index (χ4v) is 4.54. The Morgan fingerprint density at radius 1 is 1.24 bits per heavy atom. The molecule has 21 heavy (non-hydrogen) atoms. The first-order valence-electron chi connectivity index (χ1n) is 6.24. The van der Waals surface area contributed by atoms with Crippen LogP contribution in [0.15, 0.2) is 53.0 Å². The number of fused-ring (bicyclic) bond motifs is 1. The van der Waals surface area contributed by atoms with E-state index in [1.807, 2.05) is 6.07 Å².